The highest BCUT2D eigenvalue weighted by Crippen LogP contribution is 2.36. The van der Waals surface area contributed by atoms with Crippen molar-refractivity contribution in [2.75, 3.05) is 26.2 Å². The van der Waals surface area contributed by atoms with Crippen LogP contribution in [0.25, 0.3) is 0 Å². The molecule has 3 saturated heterocycles. The third kappa shape index (κ3) is 4.05. The number of amides is 1. The minimum absolute atomic E-state index is 0.0992. The quantitative estimate of drug-likeness (QED) is 0.714. The first kappa shape index (κ1) is 19.3. The number of furan rings is 1. The molecule has 2 bridgehead atoms. The number of thioether (sulfide) groups is 1. The molecule has 2 aromatic rings. The van der Waals surface area contributed by atoms with Gasteiger partial charge in [0.1, 0.15) is 10.8 Å². The van der Waals surface area contributed by atoms with Crippen molar-refractivity contribution in [3.05, 3.63) is 47.5 Å². The van der Waals surface area contributed by atoms with Crippen molar-refractivity contribution in [3.63, 3.8) is 0 Å². The van der Waals surface area contributed by atoms with E-state index in [1.807, 2.05) is 4.90 Å². The van der Waals surface area contributed by atoms with Gasteiger partial charge in [-0.3, -0.25) is 4.79 Å². The molecular weight excluding hydrogens is 391 g/mol. The topological polar surface area (TPSA) is 49.6 Å². The number of fused-ring (bicyclic) bond motifs is 4. The molecule has 0 aromatic carbocycles. The van der Waals surface area contributed by atoms with E-state index in [0.29, 0.717) is 12.3 Å². The van der Waals surface area contributed by atoms with Gasteiger partial charge in [-0.05, 0) is 37.1 Å². The van der Waals surface area contributed by atoms with Crippen LogP contribution in [0.1, 0.15) is 34.7 Å². The van der Waals surface area contributed by atoms with Crippen molar-refractivity contribution in [1.29, 1.82) is 0 Å². The number of nitrogens with zero attached hydrogens (tertiary/aromatic N) is 3. The molecular formula is C19H20F3N3O2S. The van der Waals surface area contributed by atoms with Gasteiger partial charge >= 0.3 is 6.18 Å². The first-order valence-electron chi connectivity index (χ1n) is 9.19. The molecule has 3 aliphatic rings. The normalized spacial score (nSPS) is 22.3. The summed E-state index contributed by atoms with van der Waals surface area (Å²) in [6.45, 7) is 3.57. The van der Waals surface area contributed by atoms with E-state index in [2.05, 4.69) is 9.88 Å². The van der Waals surface area contributed by atoms with Crippen LogP contribution in [-0.2, 0) is 11.9 Å². The Balaban J connectivity index is 1.43. The number of halogens is 3. The maximum absolute atomic E-state index is 13.1. The Hall–Kier alpha value is -2.00. The first-order chi connectivity index (χ1) is 13.4. The summed E-state index contributed by atoms with van der Waals surface area (Å²) >= 11 is 0.946. The standard InChI is InChI=1S/C19H20F3N3O2S/c20-19(21,22)15-2-1-7-23-17(15)28-12-14-3-4-16(27-14)18(26)25-11-10-24-8-5-13(25)6-9-24/h1-4,7,13H,5-6,8-12H2. The van der Waals surface area contributed by atoms with Crippen LogP contribution < -0.4 is 0 Å². The van der Waals surface area contributed by atoms with Gasteiger partial charge in [0, 0.05) is 38.4 Å². The van der Waals surface area contributed by atoms with E-state index >= 15 is 0 Å². The second-order valence-electron chi connectivity index (χ2n) is 6.98. The van der Waals surface area contributed by atoms with Crippen LogP contribution in [0.4, 0.5) is 13.2 Å². The van der Waals surface area contributed by atoms with Crippen molar-refractivity contribution in [3.8, 4) is 0 Å². The summed E-state index contributed by atoms with van der Waals surface area (Å²) in [5, 5.41) is -0.0992. The second kappa shape index (κ2) is 7.79. The lowest BCUT2D eigenvalue weighted by Crippen LogP contribution is -2.41. The van der Waals surface area contributed by atoms with Gasteiger partial charge in [0.15, 0.2) is 5.76 Å². The van der Waals surface area contributed by atoms with Gasteiger partial charge in [0.05, 0.1) is 11.3 Å². The monoisotopic (exact) mass is 411 g/mol. The largest absolute Gasteiger partial charge is 0.455 e. The molecule has 0 unspecified atom stereocenters. The first-order valence-corrected chi connectivity index (χ1v) is 10.2. The van der Waals surface area contributed by atoms with Crippen LogP contribution in [0, 0.1) is 0 Å². The number of hydrogen-bond acceptors (Lipinski definition) is 5. The molecule has 2 aromatic heterocycles. The predicted molar refractivity (Wildman–Crippen MR) is 98.0 cm³/mol. The third-order valence-electron chi connectivity index (χ3n) is 5.22. The number of piperidine rings is 1. The third-order valence-corrected chi connectivity index (χ3v) is 6.24. The number of rotatable bonds is 4. The molecule has 0 N–H and O–H groups in total. The number of pyridine rings is 1. The lowest BCUT2D eigenvalue weighted by atomic mass is 10.1. The van der Waals surface area contributed by atoms with Crippen LogP contribution in [-0.4, -0.2) is 52.9 Å². The van der Waals surface area contributed by atoms with Gasteiger partial charge in [-0.2, -0.15) is 13.2 Å². The zero-order chi connectivity index (χ0) is 19.7. The van der Waals surface area contributed by atoms with E-state index < -0.39 is 11.7 Å². The van der Waals surface area contributed by atoms with Crippen molar-refractivity contribution in [2.45, 2.75) is 35.8 Å². The van der Waals surface area contributed by atoms with Crippen molar-refractivity contribution < 1.29 is 22.4 Å². The molecule has 0 radical (unpaired) electrons. The van der Waals surface area contributed by atoms with Gasteiger partial charge in [-0.1, -0.05) is 11.8 Å². The van der Waals surface area contributed by atoms with E-state index in [0.717, 1.165) is 50.3 Å². The van der Waals surface area contributed by atoms with Gasteiger partial charge in [-0.25, -0.2) is 4.98 Å². The molecule has 9 heteroatoms. The van der Waals surface area contributed by atoms with Crippen molar-refractivity contribution >= 4 is 17.7 Å². The SMILES string of the molecule is O=C(c1ccc(CSc2ncccc2C(F)(F)F)o1)N1CCN2CCC1CC2. The van der Waals surface area contributed by atoms with E-state index in [9.17, 15) is 18.0 Å². The van der Waals surface area contributed by atoms with Crippen LogP contribution >= 0.6 is 11.8 Å². The summed E-state index contributed by atoms with van der Waals surface area (Å²) in [5.74, 6) is 0.728. The number of hydrogen-bond donors (Lipinski definition) is 0. The lowest BCUT2D eigenvalue weighted by molar-refractivity contribution is -0.140. The van der Waals surface area contributed by atoms with Gasteiger partial charge < -0.3 is 14.2 Å². The minimum atomic E-state index is -4.46. The molecule has 0 atom stereocenters. The van der Waals surface area contributed by atoms with E-state index in [-0.39, 0.29) is 28.5 Å². The Bertz CT molecular complexity index is 847. The van der Waals surface area contributed by atoms with Crippen molar-refractivity contribution in [2.24, 2.45) is 0 Å². The van der Waals surface area contributed by atoms with Gasteiger partial charge in [0.25, 0.3) is 5.91 Å². The predicted octanol–water partition coefficient (Wildman–Crippen LogP) is 3.91. The molecule has 28 heavy (non-hydrogen) atoms. The molecule has 0 aliphatic carbocycles. The zero-order valence-corrected chi connectivity index (χ0v) is 15.9. The average Bonchev–Trinajstić information content (AvgIpc) is 2.96. The number of carbonyl (C=O) groups is 1. The summed E-state index contributed by atoms with van der Waals surface area (Å²) < 4.78 is 44.9. The summed E-state index contributed by atoms with van der Waals surface area (Å²) in [4.78, 5) is 20.9. The second-order valence-corrected chi connectivity index (χ2v) is 7.94. The molecule has 1 amide bonds. The Morgan fingerprint density at radius 2 is 1.96 bits per heavy atom. The maximum atomic E-state index is 13.1. The zero-order valence-electron chi connectivity index (χ0n) is 15.1. The van der Waals surface area contributed by atoms with E-state index in [1.165, 1.54) is 12.3 Å². The fourth-order valence-corrected chi connectivity index (χ4v) is 4.64. The van der Waals surface area contributed by atoms with Gasteiger partial charge in [0.2, 0.25) is 0 Å². The molecule has 3 fully saturated rings. The average molecular weight is 411 g/mol. The van der Waals surface area contributed by atoms with Crippen LogP contribution in [0.15, 0.2) is 39.9 Å². The maximum Gasteiger partial charge on any atom is 0.419 e. The van der Waals surface area contributed by atoms with Crippen LogP contribution in [0.2, 0.25) is 0 Å². The summed E-state index contributed by atoms with van der Waals surface area (Å²) in [5.41, 5.74) is -0.766. The Labute approximate surface area is 164 Å². The smallest absolute Gasteiger partial charge is 0.419 e. The molecule has 5 rings (SSSR count). The van der Waals surface area contributed by atoms with Crippen LogP contribution in [0.3, 0.4) is 0 Å². The summed E-state index contributed by atoms with van der Waals surface area (Å²) in [6.07, 6.45) is -1.19. The van der Waals surface area contributed by atoms with E-state index in [4.69, 9.17) is 4.42 Å². The number of alkyl halides is 3. The molecule has 0 spiro atoms. The number of carbonyl (C=O) groups excluding carboxylic acids is 1. The Morgan fingerprint density at radius 1 is 1.18 bits per heavy atom. The molecule has 0 saturated carbocycles. The van der Waals surface area contributed by atoms with Gasteiger partial charge in [-0.15, -0.1) is 0 Å². The lowest BCUT2D eigenvalue weighted by Gasteiger charge is -2.30. The fraction of sp³-hybridized carbons (Fsp3) is 0.474. The van der Waals surface area contributed by atoms with Crippen molar-refractivity contribution in [1.82, 2.24) is 14.8 Å². The highest BCUT2D eigenvalue weighted by Gasteiger charge is 2.35. The Kier molecular flexibility index (Phi) is 5.37. The molecule has 3 aliphatic heterocycles. The van der Waals surface area contributed by atoms with Crippen LogP contribution in [0.5, 0.6) is 0 Å². The Morgan fingerprint density at radius 3 is 2.71 bits per heavy atom. The van der Waals surface area contributed by atoms with E-state index in [1.54, 1.807) is 12.1 Å². The highest BCUT2D eigenvalue weighted by molar-refractivity contribution is 7.98. The molecule has 5 nitrogen and oxygen atoms in total. The molecule has 150 valence electrons. The number of aromatic nitrogens is 1. The molecule has 5 heterocycles. The highest BCUT2D eigenvalue weighted by atomic mass is 32.2. The fourth-order valence-electron chi connectivity index (χ4n) is 3.73. The summed E-state index contributed by atoms with van der Waals surface area (Å²) in [6, 6.07) is 5.77. The minimum Gasteiger partial charge on any atom is -0.455 e. The summed E-state index contributed by atoms with van der Waals surface area (Å²) in [7, 11) is 0.